The normalized spacial score (nSPS) is 10.5. The van der Waals surface area contributed by atoms with E-state index >= 15 is 0 Å². The number of ketones is 1. The van der Waals surface area contributed by atoms with Crippen molar-refractivity contribution >= 4 is 39.4 Å². The lowest BCUT2D eigenvalue weighted by Gasteiger charge is -2.04. The van der Waals surface area contributed by atoms with Gasteiger partial charge in [-0.1, -0.05) is 17.7 Å². The molecule has 0 saturated heterocycles. The van der Waals surface area contributed by atoms with E-state index in [1.807, 2.05) is 0 Å². The predicted molar refractivity (Wildman–Crippen MR) is 77.5 cm³/mol. The summed E-state index contributed by atoms with van der Waals surface area (Å²) in [5.74, 6) is -0.495. The van der Waals surface area contributed by atoms with Gasteiger partial charge in [0.1, 0.15) is 5.82 Å². The predicted octanol–water partition coefficient (Wildman–Crippen LogP) is 3.94. The smallest absolute Gasteiger partial charge is 0.171 e. The van der Waals surface area contributed by atoms with Crippen LogP contribution in [0.25, 0.3) is 0 Å². The number of nitrogens with two attached hydrogens (primary N) is 1. The Labute approximate surface area is 119 Å². The Morgan fingerprint density at radius 3 is 2.79 bits per heavy atom. The van der Waals surface area contributed by atoms with Crippen LogP contribution in [-0.2, 0) is 6.54 Å². The van der Waals surface area contributed by atoms with Crippen LogP contribution in [-0.4, -0.2) is 5.78 Å². The van der Waals surface area contributed by atoms with Gasteiger partial charge in [0.25, 0.3) is 0 Å². The number of benzene rings is 1. The molecule has 100 valence electrons. The Morgan fingerprint density at radius 2 is 2.21 bits per heavy atom. The Hall–Kier alpha value is -1.59. The molecule has 0 saturated carbocycles. The third-order valence-electron chi connectivity index (χ3n) is 2.53. The zero-order valence-corrected chi connectivity index (χ0v) is 11.7. The third kappa shape index (κ3) is 3.24. The van der Waals surface area contributed by atoms with Gasteiger partial charge in [-0.3, -0.25) is 4.79 Å². The van der Waals surface area contributed by atoms with Crippen molar-refractivity contribution in [2.24, 2.45) is 0 Å². The molecule has 3 N–H and O–H groups in total. The molecule has 0 fully saturated rings. The van der Waals surface area contributed by atoms with E-state index in [1.165, 1.54) is 24.3 Å². The first-order valence-corrected chi connectivity index (χ1v) is 6.75. The summed E-state index contributed by atoms with van der Waals surface area (Å²) >= 11 is 7.00. The Bertz CT molecular complexity index is 627. The molecule has 2 aromatic rings. The summed E-state index contributed by atoms with van der Waals surface area (Å²) in [7, 11) is 0. The minimum absolute atomic E-state index is 0.0552. The fourth-order valence-corrected chi connectivity index (χ4v) is 2.68. The molecular weight excluding hydrogens is 287 g/mol. The molecule has 1 aromatic heterocycles. The maximum Gasteiger partial charge on any atom is 0.171 e. The van der Waals surface area contributed by atoms with Crippen LogP contribution in [0.5, 0.6) is 0 Å². The quantitative estimate of drug-likeness (QED) is 0.841. The zero-order chi connectivity index (χ0) is 14.0. The number of thiophene rings is 1. The third-order valence-corrected chi connectivity index (χ3v) is 4.03. The van der Waals surface area contributed by atoms with Crippen molar-refractivity contribution in [3.63, 3.8) is 0 Å². The molecule has 0 radical (unpaired) electrons. The van der Waals surface area contributed by atoms with Crippen molar-refractivity contribution in [3.05, 3.63) is 45.5 Å². The van der Waals surface area contributed by atoms with Crippen molar-refractivity contribution in [2.45, 2.75) is 13.5 Å². The molecule has 0 atom stereocenters. The van der Waals surface area contributed by atoms with E-state index in [-0.39, 0.29) is 10.8 Å². The second-order valence-corrected chi connectivity index (χ2v) is 5.51. The lowest BCUT2D eigenvalue weighted by molar-refractivity contribution is 0.102. The van der Waals surface area contributed by atoms with Crippen LogP contribution in [0.4, 0.5) is 15.1 Å². The van der Waals surface area contributed by atoms with Crippen molar-refractivity contribution in [2.75, 3.05) is 11.1 Å². The number of carbonyl (C=O) groups is 1. The van der Waals surface area contributed by atoms with Gasteiger partial charge in [0.05, 0.1) is 20.6 Å². The lowest BCUT2D eigenvalue weighted by atomic mass is 10.2. The molecule has 0 unspecified atom stereocenters. The number of hydrogen-bond donors (Lipinski definition) is 2. The van der Waals surface area contributed by atoms with Gasteiger partial charge in [-0.2, -0.15) is 0 Å². The van der Waals surface area contributed by atoms with Gasteiger partial charge in [-0.15, -0.1) is 11.3 Å². The number of nitrogens with one attached hydrogen (secondary N) is 1. The molecule has 0 spiro atoms. The average molecular weight is 299 g/mol. The van der Waals surface area contributed by atoms with Crippen LogP contribution < -0.4 is 11.1 Å². The van der Waals surface area contributed by atoms with Crippen molar-refractivity contribution in [1.29, 1.82) is 0 Å². The SMILES string of the molecule is CC(=O)c1sc(NCc2ccc(F)c(Cl)c2)cc1N. The number of anilines is 2. The summed E-state index contributed by atoms with van der Waals surface area (Å²) in [5.41, 5.74) is 7.05. The van der Waals surface area contributed by atoms with Crippen molar-refractivity contribution < 1.29 is 9.18 Å². The van der Waals surface area contributed by atoms with E-state index in [2.05, 4.69) is 5.32 Å². The van der Waals surface area contributed by atoms with Gasteiger partial charge >= 0.3 is 0 Å². The lowest BCUT2D eigenvalue weighted by Crippen LogP contribution is -1.97. The molecule has 0 aliphatic heterocycles. The molecular formula is C13H12ClFN2OS. The first-order chi connectivity index (χ1) is 8.97. The summed E-state index contributed by atoms with van der Waals surface area (Å²) in [6.45, 7) is 1.96. The highest BCUT2D eigenvalue weighted by Crippen LogP contribution is 2.30. The number of hydrogen-bond acceptors (Lipinski definition) is 4. The Balaban J connectivity index is 2.08. The van der Waals surface area contributed by atoms with E-state index < -0.39 is 5.82 Å². The molecule has 1 aromatic carbocycles. The minimum Gasteiger partial charge on any atom is -0.397 e. The summed E-state index contributed by atoms with van der Waals surface area (Å²) < 4.78 is 13.0. The number of carbonyl (C=O) groups excluding carboxylic acids is 1. The van der Waals surface area contributed by atoms with Crippen LogP contribution >= 0.6 is 22.9 Å². The summed E-state index contributed by atoms with van der Waals surface area (Å²) in [4.78, 5) is 11.8. The van der Waals surface area contributed by atoms with E-state index in [4.69, 9.17) is 17.3 Å². The van der Waals surface area contributed by atoms with Crippen LogP contribution in [0.2, 0.25) is 5.02 Å². The molecule has 0 bridgehead atoms. The van der Waals surface area contributed by atoms with Crippen LogP contribution in [0, 0.1) is 5.82 Å². The average Bonchev–Trinajstić information content (AvgIpc) is 2.72. The van der Waals surface area contributed by atoms with Gasteiger partial charge in [0, 0.05) is 13.5 Å². The van der Waals surface area contributed by atoms with E-state index in [9.17, 15) is 9.18 Å². The molecule has 0 aliphatic carbocycles. The maximum absolute atomic E-state index is 13.0. The second kappa shape index (κ2) is 5.59. The molecule has 19 heavy (non-hydrogen) atoms. The number of nitrogen functional groups attached to an aromatic ring is 1. The second-order valence-electron chi connectivity index (χ2n) is 4.05. The van der Waals surface area contributed by atoms with Crippen LogP contribution in [0.15, 0.2) is 24.3 Å². The fourth-order valence-electron chi connectivity index (χ4n) is 1.61. The zero-order valence-electron chi connectivity index (χ0n) is 10.2. The van der Waals surface area contributed by atoms with E-state index in [0.717, 1.165) is 10.6 Å². The van der Waals surface area contributed by atoms with Gasteiger partial charge in [-0.05, 0) is 23.8 Å². The van der Waals surface area contributed by atoms with Gasteiger partial charge in [0.2, 0.25) is 0 Å². The highest BCUT2D eigenvalue weighted by Gasteiger charge is 2.10. The largest absolute Gasteiger partial charge is 0.397 e. The first kappa shape index (κ1) is 13.8. The van der Waals surface area contributed by atoms with Crippen LogP contribution in [0.1, 0.15) is 22.2 Å². The maximum atomic E-state index is 13.0. The van der Waals surface area contributed by atoms with Crippen LogP contribution in [0.3, 0.4) is 0 Å². The topological polar surface area (TPSA) is 55.1 Å². The Morgan fingerprint density at radius 1 is 1.47 bits per heavy atom. The van der Waals surface area contributed by atoms with Gasteiger partial charge < -0.3 is 11.1 Å². The summed E-state index contributed by atoms with van der Waals surface area (Å²) in [6, 6.07) is 6.25. The highest BCUT2D eigenvalue weighted by molar-refractivity contribution is 7.18. The number of Topliss-reactive ketones (excluding diaryl/α,β-unsaturated/α-hetero) is 1. The molecule has 0 aliphatic rings. The van der Waals surface area contributed by atoms with Gasteiger partial charge in [0.15, 0.2) is 5.78 Å². The molecule has 2 rings (SSSR count). The first-order valence-electron chi connectivity index (χ1n) is 5.55. The van der Waals surface area contributed by atoms with Crippen molar-refractivity contribution in [3.8, 4) is 0 Å². The number of halogens is 2. The van der Waals surface area contributed by atoms with E-state index in [1.54, 1.807) is 18.2 Å². The minimum atomic E-state index is -0.440. The fraction of sp³-hybridized carbons (Fsp3) is 0.154. The molecule has 6 heteroatoms. The van der Waals surface area contributed by atoms with Gasteiger partial charge in [-0.25, -0.2) is 4.39 Å². The van der Waals surface area contributed by atoms with Crippen molar-refractivity contribution in [1.82, 2.24) is 0 Å². The highest BCUT2D eigenvalue weighted by atomic mass is 35.5. The molecule has 0 amide bonds. The summed E-state index contributed by atoms with van der Waals surface area (Å²) in [5, 5.41) is 4.02. The number of rotatable bonds is 4. The summed E-state index contributed by atoms with van der Waals surface area (Å²) in [6.07, 6.45) is 0. The monoisotopic (exact) mass is 298 g/mol. The molecule has 3 nitrogen and oxygen atoms in total. The standard InChI is InChI=1S/C13H12ClFN2OS/c1-7(18)13-11(16)5-12(19-13)17-6-8-2-3-10(15)9(14)4-8/h2-5,17H,6,16H2,1H3. The van der Waals surface area contributed by atoms with E-state index in [0.29, 0.717) is 17.1 Å². The molecule has 1 heterocycles. The Kier molecular flexibility index (Phi) is 4.07.